The molecule has 2 amide bonds. The van der Waals surface area contributed by atoms with Gasteiger partial charge in [0.25, 0.3) is 0 Å². The Morgan fingerprint density at radius 3 is 1.71 bits per heavy atom. The predicted molar refractivity (Wildman–Crippen MR) is 118 cm³/mol. The van der Waals surface area contributed by atoms with Crippen molar-refractivity contribution in [1.82, 2.24) is 5.32 Å². The Balaban J connectivity index is 1.75. The molecule has 0 unspecified atom stereocenters. The van der Waals surface area contributed by atoms with E-state index >= 15 is 0 Å². The van der Waals surface area contributed by atoms with Crippen molar-refractivity contribution in [2.24, 2.45) is 11.8 Å². The average molecular weight is 480 g/mol. The van der Waals surface area contributed by atoms with E-state index in [-0.39, 0.29) is 5.69 Å². The summed E-state index contributed by atoms with van der Waals surface area (Å²) in [6, 6.07) is 14.2. The zero-order chi connectivity index (χ0) is 24.9. The number of nitrogens with one attached hydrogen (secondary N) is 1. The largest absolute Gasteiger partial charge is 0.468 e. The van der Waals surface area contributed by atoms with Crippen molar-refractivity contribution < 1.29 is 32.3 Å². The van der Waals surface area contributed by atoms with Crippen LogP contribution >= 0.6 is 0 Å². The van der Waals surface area contributed by atoms with Crippen molar-refractivity contribution in [2.45, 2.75) is 11.6 Å². The number of carbonyl (C=O) groups excluding carboxylic acids is 3. The van der Waals surface area contributed by atoms with Gasteiger partial charge in [-0.05, 0) is 59.7 Å². The molecule has 5 rings (SSSR count). The number of methoxy groups -OCH3 is 1. The summed E-state index contributed by atoms with van der Waals surface area (Å²) < 4.78 is 46.1. The second kappa shape index (κ2) is 8.35. The number of hydrogen-bond donors (Lipinski definition) is 1. The van der Waals surface area contributed by atoms with E-state index in [1.807, 2.05) is 0 Å². The normalized spacial score (nSPS) is 22.9. The van der Waals surface area contributed by atoms with Crippen molar-refractivity contribution in [3.8, 4) is 0 Å². The molecule has 3 atom stereocenters. The minimum absolute atomic E-state index is 0.145. The van der Waals surface area contributed by atoms with Crippen LogP contribution in [0.15, 0.2) is 72.8 Å². The van der Waals surface area contributed by atoms with Gasteiger partial charge in [-0.25, -0.2) is 18.1 Å². The Bertz CT molecular complexity index is 1260. The molecule has 1 N–H and O–H groups in total. The first-order valence-electron chi connectivity index (χ1n) is 10.8. The van der Waals surface area contributed by atoms with Gasteiger partial charge >= 0.3 is 5.97 Å². The third kappa shape index (κ3) is 3.42. The topological polar surface area (TPSA) is 75.7 Å². The Labute approximate surface area is 198 Å². The number of fused-ring (bicyclic) bond motifs is 1. The Morgan fingerprint density at radius 2 is 1.26 bits per heavy atom. The summed E-state index contributed by atoms with van der Waals surface area (Å²) in [6.07, 6.45) is 0. The second-order valence-corrected chi connectivity index (χ2v) is 8.46. The number of ether oxygens (including phenoxy) is 1. The van der Waals surface area contributed by atoms with E-state index in [1.165, 1.54) is 60.7 Å². The van der Waals surface area contributed by atoms with Crippen LogP contribution in [0.4, 0.5) is 18.9 Å². The first-order chi connectivity index (χ1) is 16.8. The molecule has 2 saturated heterocycles. The quantitative estimate of drug-likeness (QED) is 0.458. The van der Waals surface area contributed by atoms with Crippen LogP contribution in [0, 0.1) is 29.3 Å². The smallest absolute Gasteiger partial charge is 0.323 e. The maximum Gasteiger partial charge on any atom is 0.323 e. The molecule has 35 heavy (non-hydrogen) atoms. The highest BCUT2D eigenvalue weighted by molar-refractivity contribution is 6.24. The van der Waals surface area contributed by atoms with Gasteiger partial charge in [-0.1, -0.05) is 24.3 Å². The Hall–Kier alpha value is -3.98. The molecule has 9 heteroatoms. The van der Waals surface area contributed by atoms with Gasteiger partial charge in [0.2, 0.25) is 11.8 Å². The molecule has 3 aromatic rings. The number of anilines is 1. The molecule has 6 nitrogen and oxygen atoms in total. The van der Waals surface area contributed by atoms with Gasteiger partial charge in [0.1, 0.15) is 23.5 Å². The summed E-state index contributed by atoms with van der Waals surface area (Å²) in [5.74, 6) is -6.02. The van der Waals surface area contributed by atoms with Gasteiger partial charge in [0.05, 0.1) is 30.2 Å². The summed E-state index contributed by atoms with van der Waals surface area (Å²) in [4.78, 5) is 41.3. The summed E-state index contributed by atoms with van der Waals surface area (Å²) in [7, 11) is 1.16. The summed E-state index contributed by atoms with van der Waals surface area (Å²) >= 11 is 0. The lowest BCUT2D eigenvalue weighted by Crippen LogP contribution is -2.52. The van der Waals surface area contributed by atoms with Crippen LogP contribution in [0.25, 0.3) is 0 Å². The minimum Gasteiger partial charge on any atom is -0.468 e. The van der Waals surface area contributed by atoms with E-state index in [1.54, 1.807) is 0 Å². The molecule has 0 aliphatic carbocycles. The van der Waals surface area contributed by atoms with Gasteiger partial charge < -0.3 is 4.74 Å². The fourth-order valence-corrected chi connectivity index (χ4v) is 5.20. The number of hydrogen-bond acceptors (Lipinski definition) is 5. The zero-order valence-electron chi connectivity index (χ0n) is 18.4. The van der Waals surface area contributed by atoms with E-state index in [2.05, 4.69) is 5.32 Å². The van der Waals surface area contributed by atoms with Crippen molar-refractivity contribution in [1.29, 1.82) is 0 Å². The molecule has 2 aliphatic heterocycles. The minimum atomic E-state index is -1.49. The number of esters is 1. The molecule has 0 bridgehead atoms. The van der Waals surface area contributed by atoms with Crippen LogP contribution in [0.1, 0.15) is 11.1 Å². The van der Waals surface area contributed by atoms with Crippen molar-refractivity contribution >= 4 is 23.5 Å². The van der Waals surface area contributed by atoms with Gasteiger partial charge in [0.15, 0.2) is 0 Å². The fourth-order valence-electron chi connectivity index (χ4n) is 5.20. The molecule has 2 heterocycles. The second-order valence-electron chi connectivity index (χ2n) is 8.46. The molecular formula is C26H19F3N2O4. The van der Waals surface area contributed by atoms with Gasteiger partial charge in [-0.15, -0.1) is 0 Å². The van der Waals surface area contributed by atoms with Crippen LogP contribution < -0.4 is 10.2 Å². The van der Waals surface area contributed by atoms with Gasteiger partial charge in [-0.2, -0.15) is 0 Å². The number of carbonyl (C=O) groups is 3. The lowest BCUT2D eigenvalue weighted by Gasteiger charge is -2.36. The van der Waals surface area contributed by atoms with Crippen molar-refractivity contribution in [2.75, 3.05) is 12.0 Å². The summed E-state index contributed by atoms with van der Waals surface area (Å²) in [6.45, 7) is 0. The summed E-state index contributed by atoms with van der Waals surface area (Å²) in [5.41, 5.74) is -0.554. The highest BCUT2D eigenvalue weighted by Gasteiger charge is 2.68. The Morgan fingerprint density at radius 1 is 0.800 bits per heavy atom. The van der Waals surface area contributed by atoms with Crippen LogP contribution in [0.3, 0.4) is 0 Å². The zero-order valence-corrected chi connectivity index (χ0v) is 18.4. The highest BCUT2D eigenvalue weighted by Crippen LogP contribution is 2.52. The molecule has 3 aromatic carbocycles. The van der Waals surface area contributed by atoms with E-state index in [0.29, 0.717) is 11.1 Å². The first kappa shape index (κ1) is 22.8. The van der Waals surface area contributed by atoms with Crippen LogP contribution in [0.5, 0.6) is 0 Å². The lowest BCUT2D eigenvalue weighted by atomic mass is 9.71. The lowest BCUT2D eigenvalue weighted by molar-refractivity contribution is -0.145. The maximum atomic E-state index is 13.9. The molecule has 178 valence electrons. The molecule has 0 radical (unpaired) electrons. The first-order valence-corrected chi connectivity index (χ1v) is 10.8. The third-order valence-corrected chi connectivity index (χ3v) is 6.70. The number of amides is 2. The van der Waals surface area contributed by atoms with E-state index < -0.39 is 58.7 Å². The maximum absolute atomic E-state index is 13.9. The van der Waals surface area contributed by atoms with Crippen molar-refractivity contribution in [3.05, 3.63) is 101 Å². The van der Waals surface area contributed by atoms with Crippen LogP contribution in [-0.2, 0) is 24.7 Å². The average Bonchev–Trinajstić information content (AvgIpc) is 3.35. The van der Waals surface area contributed by atoms with E-state index in [0.717, 1.165) is 24.1 Å². The number of halogens is 3. The molecule has 0 spiro atoms. The number of benzene rings is 3. The predicted octanol–water partition coefficient (Wildman–Crippen LogP) is 3.30. The monoisotopic (exact) mass is 480 g/mol. The van der Waals surface area contributed by atoms with E-state index in [9.17, 15) is 27.6 Å². The summed E-state index contributed by atoms with van der Waals surface area (Å²) in [5, 5.41) is 3.12. The van der Waals surface area contributed by atoms with Gasteiger partial charge in [-0.3, -0.25) is 19.7 Å². The van der Waals surface area contributed by atoms with Crippen molar-refractivity contribution in [3.63, 3.8) is 0 Å². The fraction of sp³-hybridized carbons (Fsp3) is 0.192. The molecule has 0 saturated carbocycles. The molecule has 0 aromatic heterocycles. The SMILES string of the molecule is COC(=O)[C@H]1NC(c2ccc(F)cc2)(c2ccc(F)cc2)[C@@H]2C(=O)N(c3ccc(F)cc3)C(=O)[C@H]12. The van der Waals surface area contributed by atoms with Gasteiger partial charge in [0, 0.05) is 0 Å². The van der Waals surface area contributed by atoms with Crippen LogP contribution in [-0.4, -0.2) is 30.9 Å². The van der Waals surface area contributed by atoms with Crippen LogP contribution in [0.2, 0.25) is 0 Å². The standard InChI is InChI=1S/C26H19F3N2O4/c1-35-25(34)22-20-21(24(33)31(23(20)32)19-12-10-18(29)11-13-19)26(30-22,14-2-6-16(27)7-3-14)15-4-8-17(28)9-5-15/h2-13,20-22,30H,1H3/t20-,21-,22-/m0/s1. The third-order valence-electron chi connectivity index (χ3n) is 6.70. The number of rotatable bonds is 4. The Kier molecular flexibility index (Phi) is 5.44. The highest BCUT2D eigenvalue weighted by atomic mass is 19.1. The number of nitrogens with zero attached hydrogens (tertiary/aromatic N) is 1. The number of imide groups is 1. The molecule has 2 fully saturated rings. The molecule has 2 aliphatic rings. The van der Waals surface area contributed by atoms with E-state index in [4.69, 9.17) is 4.74 Å². The molecular weight excluding hydrogens is 461 g/mol.